The zero-order valence-electron chi connectivity index (χ0n) is 18.9. The summed E-state index contributed by atoms with van der Waals surface area (Å²) in [6.45, 7) is 0.477. The predicted octanol–water partition coefficient (Wildman–Crippen LogP) is -0.131. The van der Waals surface area contributed by atoms with E-state index in [1.807, 2.05) is 30.3 Å². The van der Waals surface area contributed by atoms with Crippen molar-refractivity contribution in [2.45, 2.75) is 56.7 Å². The Morgan fingerprint density at radius 3 is 2.35 bits per heavy atom. The Balaban J connectivity index is 2.04. The molecule has 1 saturated heterocycles. The summed E-state index contributed by atoms with van der Waals surface area (Å²) in [5, 5.41) is 23.8. The van der Waals surface area contributed by atoms with Crippen LogP contribution < -0.4 is 22.1 Å². The summed E-state index contributed by atoms with van der Waals surface area (Å²) in [5.74, 6) is -2.96. The number of amides is 3. The molecule has 186 valence electrons. The fraction of sp³-hybridized carbons (Fsp3) is 0.500. The number of carbonyl (C=O) groups excluding carboxylic acids is 2. The van der Waals surface area contributed by atoms with Crippen LogP contribution in [-0.2, 0) is 20.8 Å². The lowest BCUT2D eigenvalue weighted by molar-refractivity contribution is -0.149. The molecule has 0 radical (unpaired) electrons. The molecular weight excluding hydrogens is 444 g/mol. The lowest BCUT2D eigenvalue weighted by Crippen LogP contribution is -2.55. The number of nitrogens with one attached hydrogen (secondary N) is 2. The number of benzene rings is 1. The van der Waals surface area contributed by atoms with Crippen molar-refractivity contribution in [1.82, 2.24) is 15.5 Å². The molecule has 1 aromatic rings. The van der Waals surface area contributed by atoms with Gasteiger partial charge in [-0.1, -0.05) is 30.3 Å². The van der Waals surface area contributed by atoms with E-state index in [0.29, 0.717) is 25.7 Å². The second-order valence-corrected chi connectivity index (χ2v) is 8.06. The van der Waals surface area contributed by atoms with E-state index in [1.165, 1.54) is 4.90 Å². The number of likely N-dealkylation sites (tertiary alicyclic amines) is 1. The molecule has 2 rings (SSSR count). The minimum absolute atomic E-state index is 0.109. The normalized spacial score (nSPS) is 16.8. The second kappa shape index (κ2) is 13.0. The van der Waals surface area contributed by atoms with Gasteiger partial charge in [0.1, 0.15) is 18.1 Å². The van der Waals surface area contributed by atoms with Crippen LogP contribution in [0.15, 0.2) is 35.3 Å². The van der Waals surface area contributed by atoms with Gasteiger partial charge in [0.15, 0.2) is 5.96 Å². The summed E-state index contributed by atoms with van der Waals surface area (Å²) >= 11 is 0. The predicted molar refractivity (Wildman–Crippen MR) is 124 cm³/mol. The molecule has 34 heavy (non-hydrogen) atoms. The van der Waals surface area contributed by atoms with Gasteiger partial charge in [0, 0.05) is 13.1 Å². The molecule has 0 bridgehead atoms. The van der Waals surface area contributed by atoms with E-state index in [-0.39, 0.29) is 31.9 Å². The van der Waals surface area contributed by atoms with Gasteiger partial charge in [0.05, 0.1) is 0 Å². The summed E-state index contributed by atoms with van der Waals surface area (Å²) in [4.78, 5) is 53.9. The summed E-state index contributed by atoms with van der Waals surface area (Å²) in [7, 11) is 0. The quantitative estimate of drug-likeness (QED) is 0.136. The van der Waals surface area contributed by atoms with E-state index in [1.54, 1.807) is 0 Å². The number of aryl methyl sites for hydroxylation is 1. The van der Waals surface area contributed by atoms with Crippen LogP contribution in [0.2, 0.25) is 0 Å². The van der Waals surface area contributed by atoms with E-state index < -0.39 is 42.0 Å². The van der Waals surface area contributed by atoms with Gasteiger partial charge < -0.3 is 37.2 Å². The first-order valence-electron chi connectivity index (χ1n) is 11.1. The number of guanidine groups is 1. The number of nitrogens with zero attached hydrogens (tertiary/aromatic N) is 2. The molecule has 1 unspecified atom stereocenters. The van der Waals surface area contributed by atoms with Crippen molar-refractivity contribution in [1.29, 1.82) is 0 Å². The SMILES string of the molecule is NC(N)=NCCC[C@H](NC(=O)NC(CCc1ccccc1)C(=O)O)C(=O)N1CCC[C@H]1C(=O)O. The number of hydrogen-bond donors (Lipinski definition) is 6. The van der Waals surface area contributed by atoms with Crippen molar-refractivity contribution in [3.8, 4) is 0 Å². The van der Waals surface area contributed by atoms with Crippen molar-refractivity contribution < 1.29 is 29.4 Å². The van der Waals surface area contributed by atoms with E-state index in [4.69, 9.17) is 11.5 Å². The zero-order chi connectivity index (χ0) is 25.1. The van der Waals surface area contributed by atoms with Crippen LogP contribution in [0.1, 0.15) is 37.7 Å². The first-order valence-corrected chi connectivity index (χ1v) is 11.1. The summed E-state index contributed by atoms with van der Waals surface area (Å²) in [6, 6.07) is 5.23. The average Bonchev–Trinajstić information content (AvgIpc) is 3.29. The molecule has 1 aliphatic rings. The molecule has 1 aliphatic heterocycles. The van der Waals surface area contributed by atoms with Crippen LogP contribution >= 0.6 is 0 Å². The fourth-order valence-corrected chi connectivity index (χ4v) is 3.82. The fourth-order valence-electron chi connectivity index (χ4n) is 3.82. The first kappa shape index (κ1) is 26.4. The third-order valence-corrected chi connectivity index (χ3v) is 5.54. The zero-order valence-corrected chi connectivity index (χ0v) is 18.9. The molecule has 12 heteroatoms. The van der Waals surface area contributed by atoms with E-state index in [2.05, 4.69) is 15.6 Å². The minimum atomic E-state index is -1.20. The summed E-state index contributed by atoms with van der Waals surface area (Å²) < 4.78 is 0. The number of carbonyl (C=O) groups is 4. The molecule has 8 N–H and O–H groups in total. The van der Waals surface area contributed by atoms with E-state index >= 15 is 0 Å². The van der Waals surface area contributed by atoms with Crippen molar-refractivity contribution in [2.75, 3.05) is 13.1 Å². The van der Waals surface area contributed by atoms with Gasteiger partial charge in [0.2, 0.25) is 5.91 Å². The van der Waals surface area contributed by atoms with Crippen LogP contribution in [0.3, 0.4) is 0 Å². The molecule has 1 aromatic carbocycles. The smallest absolute Gasteiger partial charge is 0.326 e. The maximum atomic E-state index is 13.1. The summed E-state index contributed by atoms with van der Waals surface area (Å²) in [6.07, 6.45) is 1.95. The first-order chi connectivity index (χ1) is 16.2. The van der Waals surface area contributed by atoms with Crippen molar-refractivity contribution in [2.24, 2.45) is 16.5 Å². The number of aliphatic imine (C=N–C) groups is 1. The molecular formula is C22H32N6O6. The molecule has 1 fully saturated rings. The Bertz CT molecular complexity index is 889. The number of aliphatic carboxylic acids is 2. The highest BCUT2D eigenvalue weighted by atomic mass is 16.4. The maximum absolute atomic E-state index is 13.1. The third kappa shape index (κ3) is 8.26. The summed E-state index contributed by atoms with van der Waals surface area (Å²) in [5.41, 5.74) is 11.5. The molecule has 0 saturated carbocycles. The molecule has 0 aliphatic carbocycles. The van der Waals surface area contributed by atoms with Crippen LogP contribution in [-0.4, -0.2) is 76.2 Å². The van der Waals surface area contributed by atoms with Gasteiger partial charge in [-0.15, -0.1) is 0 Å². The van der Waals surface area contributed by atoms with Crippen LogP contribution in [0.5, 0.6) is 0 Å². The lowest BCUT2D eigenvalue weighted by atomic mass is 10.1. The third-order valence-electron chi connectivity index (χ3n) is 5.54. The standard InChI is InChI=1S/C22H32N6O6/c23-21(24)25-12-4-8-15(18(29)28-13-5-9-17(28)20(32)33)26-22(34)27-16(19(30)31)11-10-14-6-2-1-3-7-14/h1-3,6-7,15-17H,4-5,8-13H2,(H,30,31)(H,32,33)(H4,23,24,25)(H2,26,27,34)/t15-,16?,17-/m0/s1. The van der Waals surface area contributed by atoms with E-state index in [0.717, 1.165) is 5.56 Å². The highest BCUT2D eigenvalue weighted by Crippen LogP contribution is 2.19. The maximum Gasteiger partial charge on any atom is 0.326 e. The van der Waals surface area contributed by atoms with Crippen LogP contribution in [0.4, 0.5) is 4.79 Å². The Morgan fingerprint density at radius 2 is 1.74 bits per heavy atom. The number of hydrogen-bond acceptors (Lipinski definition) is 5. The Labute approximate surface area is 197 Å². The Morgan fingerprint density at radius 1 is 1.06 bits per heavy atom. The van der Waals surface area contributed by atoms with Gasteiger partial charge in [-0.2, -0.15) is 0 Å². The topological polar surface area (TPSA) is 200 Å². The Kier molecular flexibility index (Phi) is 10.1. The van der Waals surface area contributed by atoms with Gasteiger partial charge in [-0.3, -0.25) is 9.79 Å². The van der Waals surface area contributed by atoms with Crippen LogP contribution in [0, 0.1) is 0 Å². The Hall–Kier alpha value is -3.83. The minimum Gasteiger partial charge on any atom is -0.480 e. The van der Waals surface area contributed by atoms with Gasteiger partial charge in [0.25, 0.3) is 0 Å². The van der Waals surface area contributed by atoms with Gasteiger partial charge in [-0.05, 0) is 44.1 Å². The van der Waals surface area contributed by atoms with E-state index in [9.17, 15) is 29.4 Å². The van der Waals surface area contributed by atoms with Gasteiger partial charge >= 0.3 is 18.0 Å². The molecule has 1 heterocycles. The molecule has 3 amide bonds. The second-order valence-electron chi connectivity index (χ2n) is 8.06. The highest BCUT2D eigenvalue weighted by Gasteiger charge is 2.37. The monoisotopic (exact) mass is 476 g/mol. The van der Waals surface area contributed by atoms with Crippen molar-refractivity contribution >= 4 is 29.8 Å². The van der Waals surface area contributed by atoms with Crippen molar-refractivity contribution in [3.05, 3.63) is 35.9 Å². The number of rotatable bonds is 12. The molecule has 3 atom stereocenters. The molecule has 0 spiro atoms. The average molecular weight is 477 g/mol. The highest BCUT2D eigenvalue weighted by molar-refractivity contribution is 5.91. The van der Waals surface area contributed by atoms with Gasteiger partial charge in [-0.25, -0.2) is 14.4 Å². The van der Waals surface area contributed by atoms with Crippen molar-refractivity contribution in [3.63, 3.8) is 0 Å². The number of carboxylic acids is 2. The largest absolute Gasteiger partial charge is 0.480 e. The molecule has 0 aromatic heterocycles. The lowest BCUT2D eigenvalue weighted by Gasteiger charge is -2.27. The number of nitrogens with two attached hydrogens (primary N) is 2. The van der Waals surface area contributed by atoms with Crippen LogP contribution in [0.25, 0.3) is 0 Å². The number of urea groups is 1. The number of carboxylic acid groups (broad SMARTS) is 2. The molecule has 12 nitrogen and oxygen atoms in total.